The van der Waals surface area contributed by atoms with Gasteiger partial charge in [0.2, 0.25) is 12.4 Å². The zero-order valence-electron chi connectivity index (χ0n) is 20.4. The molecule has 0 bridgehead atoms. The van der Waals surface area contributed by atoms with Gasteiger partial charge in [-0.25, -0.2) is 0 Å². The van der Waals surface area contributed by atoms with Crippen molar-refractivity contribution in [2.24, 2.45) is 0 Å². The SMILES string of the molecule is CC(=O)OC[C@H]1O[C@@H](Oc2ccc(-c3ccccc3)cc2)[C@H](OC(C)=O)[C@@H](OC(C)=O)[C@@H]1OC(C)=O. The summed E-state index contributed by atoms with van der Waals surface area (Å²) in [6, 6.07) is 16.8. The van der Waals surface area contributed by atoms with E-state index in [0.717, 1.165) is 25.0 Å². The number of hydrogen-bond acceptors (Lipinski definition) is 10. The van der Waals surface area contributed by atoms with E-state index in [-0.39, 0.29) is 6.61 Å². The predicted octanol–water partition coefficient (Wildman–Crippen LogP) is 2.82. The van der Waals surface area contributed by atoms with Crippen LogP contribution in [0.4, 0.5) is 0 Å². The quantitative estimate of drug-likeness (QED) is 0.395. The highest BCUT2D eigenvalue weighted by atomic mass is 16.7. The first-order valence-electron chi connectivity index (χ1n) is 11.3. The summed E-state index contributed by atoms with van der Waals surface area (Å²) in [6.45, 7) is 4.36. The maximum atomic E-state index is 11.9. The van der Waals surface area contributed by atoms with Gasteiger partial charge in [-0.1, -0.05) is 42.5 Å². The fraction of sp³-hybridized carbons (Fsp3) is 0.385. The van der Waals surface area contributed by atoms with Crippen LogP contribution in [0.1, 0.15) is 27.7 Å². The Morgan fingerprint density at radius 1 is 0.667 bits per heavy atom. The van der Waals surface area contributed by atoms with Gasteiger partial charge < -0.3 is 28.4 Å². The number of ether oxygens (including phenoxy) is 6. The zero-order valence-corrected chi connectivity index (χ0v) is 20.4. The topological polar surface area (TPSA) is 124 Å². The van der Waals surface area contributed by atoms with E-state index in [1.807, 2.05) is 42.5 Å². The minimum absolute atomic E-state index is 0.329. The largest absolute Gasteiger partial charge is 0.463 e. The van der Waals surface area contributed by atoms with E-state index in [4.69, 9.17) is 28.4 Å². The minimum Gasteiger partial charge on any atom is -0.463 e. The summed E-state index contributed by atoms with van der Waals surface area (Å²) < 4.78 is 33.2. The lowest BCUT2D eigenvalue weighted by Crippen LogP contribution is -2.63. The van der Waals surface area contributed by atoms with Gasteiger partial charge in [0.1, 0.15) is 18.5 Å². The third-order valence-electron chi connectivity index (χ3n) is 5.16. The highest BCUT2D eigenvalue weighted by molar-refractivity contribution is 5.69. The Morgan fingerprint density at radius 2 is 1.19 bits per heavy atom. The zero-order chi connectivity index (χ0) is 26.2. The van der Waals surface area contributed by atoms with Gasteiger partial charge in [0.05, 0.1) is 0 Å². The first kappa shape index (κ1) is 26.7. The van der Waals surface area contributed by atoms with Crippen molar-refractivity contribution in [3.8, 4) is 16.9 Å². The van der Waals surface area contributed by atoms with E-state index >= 15 is 0 Å². The molecule has 0 unspecified atom stereocenters. The summed E-state index contributed by atoms with van der Waals surface area (Å²) in [4.78, 5) is 47.1. The molecule has 36 heavy (non-hydrogen) atoms. The Hall–Kier alpha value is -3.92. The molecule has 1 heterocycles. The second-order valence-electron chi connectivity index (χ2n) is 8.08. The molecule has 2 aromatic carbocycles. The van der Waals surface area contributed by atoms with E-state index in [0.29, 0.717) is 5.75 Å². The molecular formula is C26H28O10. The van der Waals surface area contributed by atoms with Crippen LogP contribution in [0.15, 0.2) is 54.6 Å². The average molecular weight is 501 g/mol. The van der Waals surface area contributed by atoms with Gasteiger partial charge in [-0.05, 0) is 23.3 Å². The monoisotopic (exact) mass is 500 g/mol. The summed E-state index contributed by atoms with van der Waals surface area (Å²) in [5.41, 5.74) is 1.96. The average Bonchev–Trinajstić information content (AvgIpc) is 2.82. The number of hydrogen-bond donors (Lipinski definition) is 0. The highest BCUT2D eigenvalue weighted by Gasteiger charge is 2.53. The number of rotatable bonds is 8. The molecule has 1 aliphatic rings. The lowest BCUT2D eigenvalue weighted by atomic mass is 9.98. The third-order valence-corrected chi connectivity index (χ3v) is 5.16. The molecule has 192 valence electrons. The lowest BCUT2D eigenvalue weighted by molar-refractivity contribution is -0.288. The molecule has 0 aromatic heterocycles. The maximum absolute atomic E-state index is 11.9. The van der Waals surface area contributed by atoms with E-state index in [2.05, 4.69) is 0 Å². The molecule has 0 saturated carbocycles. The molecule has 0 aliphatic carbocycles. The van der Waals surface area contributed by atoms with Gasteiger partial charge >= 0.3 is 23.9 Å². The lowest BCUT2D eigenvalue weighted by Gasteiger charge is -2.43. The maximum Gasteiger partial charge on any atom is 0.303 e. The standard InChI is InChI=1S/C26H28O10/c1-15(27)31-14-22-23(32-16(2)28)24(33-17(3)29)25(34-18(4)30)26(36-22)35-21-12-10-20(11-13-21)19-8-6-5-7-9-19/h5-13,22-26H,14H2,1-4H3/t22-,23-,24+,25-,26-/m1/s1. The molecular weight excluding hydrogens is 472 g/mol. The summed E-state index contributed by atoms with van der Waals surface area (Å²) in [5.74, 6) is -2.34. The fourth-order valence-electron chi connectivity index (χ4n) is 3.77. The van der Waals surface area contributed by atoms with Crippen molar-refractivity contribution in [1.82, 2.24) is 0 Å². The van der Waals surface area contributed by atoms with Crippen LogP contribution in [-0.4, -0.2) is 61.2 Å². The van der Waals surface area contributed by atoms with Crippen molar-refractivity contribution in [3.05, 3.63) is 54.6 Å². The number of carbonyl (C=O) groups excluding carboxylic acids is 4. The van der Waals surface area contributed by atoms with Gasteiger partial charge in [-0.15, -0.1) is 0 Å². The molecule has 1 aliphatic heterocycles. The first-order valence-corrected chi connectivity index (χ1v) is 11.3. The Kier molecular flexibility index (Phi) is 9.02. The first-order chi connectivity index (χ1) is 17.1. The van der Waals surface area contributed by atoms with Gasteiger partial charge in [0.15, 0.2) is 12.2 Å². The molecule has 0 radical (unpaired) electrons. The molecule has 0 N–H and O–H groups in total. The smallest absolute Gasteiger partial charge is 0.303 e. The van der Waals surface area contributed by atoms with Crippen LogP contribution in [0, 0.1) is 0 Å². The van der Waals surface area contributed by atoms with E-state index in [9.17, 15) is 19.2 Å². The summed E-state index contributed by atoms with van der Waals surface area (Å²) >= 11 is 0. The van der Waals surface area contributed by atoms with E-state index in [1.165, 1.54) is 13.8 Å². The van der Waals surface area contributed by atoms with Crippen LogP contribution >= 0.6 is 0 Å². The summed E-state index contributed by atoms with van der Waals surface area (Å²) in [5, 5.41) is 0. The van der Waals surface area contributed by atoms with Crippen LogP contribution in [-0.2, 0) is 42.9 Å². The van der Waals surface area contributed by atoms with Crippen LogP contribution in [0.2, 0.25) is 0 Å². The number of esters is 4. The van der Waals surface area contributed by atoms with Crippen LogP contribution in [0.5, 0.6) is 5.75 Å². The number of carbonyl (C=O) groups is 4. The van der Waals surface area contributed by atoms with Crippen molar-refractivity contribution in [2.45, 2.75) is 58.4 Å². The van der Waals surface area contributed by atoms with Crippen LogP contribution in [0.25, 0.3) is 11.1 Å². The summed E-state index contributed by atoms with van der Waals surface area (Å²) in [6.07, 6.45) is -6.19. The van der Waals surface area contributed by atoms with Crippen LogP contribution in [0.3, 0.4) is 0 Å². The Balaban J connectivity index is 1.92. The van der Waals surface area contributed by atoms with Gasteiger partial charge in [0, 0.05) is 27.7 Å². The second-order valence-corrected chi connectivity index (χ2v) is 8.08. The molecule has 1 saturated heterocycles. The molecule has 1 fully saturated rings. The Bertz CT molecular complexity index is 1070. The normalized spacial score (nSPS) is 23.2. The van der Waals surface area contributed by atoms with E-state index < -0.39 is 54.6 Å². The molecule has 10 heteroatoms. The molecule has 5 atom stereocenters. The number of benzene rings is 2. The van der Waals surface area contributed by atoms with Crippen molar-refractivity contribution >= 4 is 23.9 Å². The fourth-order valence-corrected chi connectivity index (χ4v) is 3.77. The van der Waals surface area contributed by atoms with Crippen molar-refractivity contribution < 1.29 is 47.6 Å². The Labute approximate surface area is 208 Å². The third kappa shape index (κ3) is 7.29. The molecule has 2 aromatic rings. The molecule has 10 nitrogen and oxygen atoms in total. The van der Waals surface area contributed by atoms with Gasteiger partial charge in [0.25, 0.3) is 0 Å². The van der Waals surface area contributed by atoms with Gasteiger partial charge in [-0.3, -0.25) is 19.2 Å². The highest BCUT2D eigenvalue weighted by Crippen LogP contribution is 2.31. The Morgan fingerprint density at radius 3 is 1.75 bits per heavy atom. The van der Waals surface area contributed by atoms with E-state index in [1.54, 1.807) is 12.1 Å². The molecule has 0 amide bonds. The summed E-state index contributed by atoms with van der Waals surface area (Å²) in [7, 11) is 0. The molecule has 0 spiro atoms. The van der Waals surface area contributed by atoms with Gasteiger partial charge in [-0.2, -0.15) is 0 Å². The minimum atomic E-state index is -1.29. The van der Waals surface area contributed by atoms with Crippen molar-refractivity contribution in [1.29, 1.82) is 0 Å². The molecule has 3 rings (SSSR count). The van der Waals surface area contributed by atoms with Crippen molar-refractivity contribution in [3.63, 3.8) is 0 Å². The van der Waals surface area contributed by atoms with Crippen LogP contribution < -0.4 is 4.74 Å². The second kappa shape index (κ2) is 12.2. The van der Waals surface area contributed by atoms with Crippen molar-refractivity contribution in [2.75, 3.05) is 6.61 Å². The predicted molar refractivity (Wildman–Crippen MR) is 124 cm³/mol.